The highest BCUT2D eigenvalue weighted by atomic mass is 16.1. The van der Waals surface area contributed by atoms with Gasteiger partial charge in [-0.05, 0) is 50.3 Å². The molecule has 1 aromatic carbocycles. The number of aromatic nitrogens is 3. The van der Waals surface area contributed by atoms with Crippen LogP contribution < -0.4 is 11.1 Å². The Morgan fingerprint density at radius 1 is 1.10 bits per heavy atom. The van der Waals surface area contributed by atoms with Crippen LogP contribution in [0.4, 0.5) is 11.4 Å². The van der Waals surface area contributed by atoms with Crippen LogP contribution >= 0.6 is 0 Å². The normalized spacial score (nSPS) is 10.8. The zero-order valence-corrected chi connectivity index (χ0v) is 16.6. The van der Waals surface area contributed by atoms with Gasteiger partial charge in [0.2, 0.25) is 0 Å². The van der Waals surface area contributed by atoms with E-state index in [1.165, 1.54) is 12.4 Å². The lowest BCUT2D eigenvalue weighted by Gasteiger charge is -2.12. The van der Waals surface area contributed by atoms with Crippen molar-refractivity contribution in [3.05, 3.63) is 66.0 Å². The standard InChI is InChI=1S/C21H23N7O/c1-13-25-10-17(11-26-13)27-21(29)20(23)18-7-15(4-5-19(18)22)16-6-14(8-24-9-16)12-28(2)3/h4-11,23H,12,22H2,1-3H3,(H,27,29). The number of carbonyl (C=O) groups excluding carboxylic acids is 1. The molecule has 0 saturated carbocycles. The monoisotopic (exact) mass is 389 g/mol. The van der Waals surface area contributed by atoms with Crippen LogP contribution in [0.5, 0.6) is 0 Å². The lowest BCUT2D eigenvalue weighted by atomic mass is 9.99. The molecule has 2 aromatic heterocycles. The molecule has 1 amide bonds. The molecule has 29 heavy (non-hydrogen) atoms. The molecule has 0 fully saturated rings. The van der Waals surface area contributed by atoms with E-state index in [9.17, 15) is 4.79 Å². The van der Waals surface area contributed by atoms with E-state index in [4.69, 9.17) is 11.1 Å². The van der Waals surface area contributed by atoms with Crippen LogP contribution in [0.3, 0.4) is 0 Å². The largest absolute Gasteiger partial charge is 0.398 e. The van der Waals surface area contributed by atoms with Crippen molar-refractivity contribution in [2.45, 2.75) is 13.5 Å². The highest BCUT2D eigenvalue weighted by Crippen LogP contribution is 2.25. The van der Waals surface area contributed by atoms with Gasteiger partial charge in [0.05, 0.1) is 18.1 Å². The lowest BCUT2D eigenvalue weighted by Crippen LogP contribution is -2.24. The predicted molar refractivity (Wildman–Crippen MR) is 114 cm³/mol. The van der Waals surface area contributed by atoms with Gasteiger partial charge in [-0.25, -0.2) is 9.97 Å². The molecule has 3 rings (SSSR count). The molecule has 148 valence electrons. The van der Waals surface area contributed by atoms with Gasteiger partial charge in [-0.2, -0.15) is 0 Å². The van der Waals surface area contributed by atoms with Crippen LogP contribution in [0.25, 0.3) is 11.1 Å². The Morgan fingerprint density at radius 3 is 2.52 bits per heavy atom. The summed E-state index contributed by atoms with van der Waals surface area (Å²) in [6.45, 7) is 2.52. The van der Waals surface area contributed by atoms with E-state index >= 15 is 0 Å². The molecule has 0 aliphatic heterocycles. The number of nitrogens with one attached hydrogen (secondary N) is 2. The first-order chi connectivity index (χ1) is 13.8. The maximum atomic E-state index is 12.5. The van der Waals surface area contributed by atoms with Crippen LogP contribution in [0.2, 0.25) is 0 Å². The van der Waals surface area contributed by atoms with Gasteiger partial charge in [-0.1, -0.05) is 6.07 Å². The minimum Gasteiger partial charge on any atom is -0.398 e. The number of nitrogens with zero attached hydrogens (tertiary/aromatic N) is 4. The number of pyridine rings is 1. The van der Waals surface area contributed by atoms with Crippen molar-refractivity contribution in [2.75, 3.05) is 25.1 Å². The summed E-state index contributed by atoms with van der Waals surface area (Å²) in [5.41, 5.74) is 9.73. The third-order valence-corrected chi connectivity index (χ3v) is 4.22. The fourth-order valence-corrected chi connectivity index (χ4v) is 2.82. The zero-order chi connectivity index (χ0) is 21.0. The summed E-state index contributed by atoms with van der Waals surface area (Å²) in [5, 5.41) is 10.9. The summed E-state index contributed by atoms with van der Waals surface area (Å²) < 4.78 is 0. The van der Waals surface area contributed by atoms with Gasteiger partial charge >= 0.3 is 0 Å². The molecule has 3 aromatic rings. The van der Waals surface area contributed by atoms with Crippen LogP contribution in [0.15, 0.2) is 49.1 Å². The number of amides is 1. The minimum absolute atomic E-state index is 0.234. The summed E-state index contributed by atoms with van der Waals surface area (Å²) in [6.07, 6.45) is 6.56. The van der Waals surface area contributed by atoms with E-state index in [1.54, 1.807) is 25.3 Å². The van der Waals surface area contributed by atoms with E-state index in [1.807, 2.05) is 32.4 Å². The lowest BCUT2D eigenvalue weighted by molar-refractivity contribution is -0.110. The average molecular weight is 389 g/mol. The second kappa shape index (κ2) is 8.57. The van der Waals surface area contributed by atoms with E-state index in [-0.39, 0.29) is 5.71 Å². The summed E-state index contributed by atoms with van der Waals surface area (Å²) in [7, 11) is 3.99. The fourth-order valence-electron chi connectivity index (χ4n) is 2.82. The molecule has 0 radical (unpaired) electrons. The summed E-state index contributed by atoms with van der Waals surface area (Å²) >= 11 is 0. The summed E-state index contributed by atoms with van der Waals surface area (Å²) in [6, 6.07) is 7.32. The van der Waals surface area contributed by atoms with Crippen LogP contribution in [-0.4, -0.2) is 45.6 Å². The Morgan fingerprint density at radius 2 is 1.83 bits per heavy atom. The molecule has 0 bridgehead atoms. The van der Waals surface area contributed by atoms with Crippen molar-refractivity contribution < 1.29 is 4.79 Å². The van der Waals surface area contributed by atoms with Gasteiger partial charge in [0.25, 0.3) is 5.91 Å². The van der Waals surface area contributed by atoms with E-state index in [0.717, 1.165) is 23.2 Å². The number of hydrogen-bond donors (Lipinski definition) is 3. The topological polar surface area (TPSA) is 121 Å². The fraction of sp³-hybridized carbons (Fsp3) is 0.190. The number of rotatable bonds is 6. The van der Waals surface area contributed by atoms with Crippen LogP contribution in [-0.2, 0) is 11.3 Å². The number of carbonyl (C=O) groups is 1. The maximum absolute atomic E-state index is 12.5. The average Bonchev–Trinajstić information content (AvgIpc) is 2.69. The van der Waals surface area contributed by atoms with Gasteiger partial charge in [0.1, 0.15) is 11.5 Å². The molecule has 0 atom stereocenters. The first-order valence-corrected chi connectivity index (χ1v) is 9.01. The van der Waals surface area contributed by atoms with Crippen molar-refractivity contribution in [1.29, 1.82) is 5.41 Å². The minimum atomic E-state index is -0.583. The molecule has 0 saturated heterocycles. The second-order valence-electron chi connectivity index (χ2n) is 6.97. The van der Waals surface area contributed by atoms with Crippen molar-refractivity contribution in [3.8, 4) is 11.1 Å². The molecule has 8 nitrogen and oxygen atoms in total. The molecule has 0 aliphatic rings. The number of anilines is 2. The molecule has 2 heterocycles. The van der Waals surface area contributed by atoms with Crippen molar-refractivity contribution in [1.82, 2.24) is 19.9 Å². The smallest absolute Gasteiger partial charge is 0.274 e. The second-order valence-corrected chi connectivity index (χ2v) is 6.97. The Balaban J connectivity index is 1.85. The summed E-state index contributed by atoms with van der Waals surface area (Å²) in [5.74, 6) is 0.0147. The Kier molecular flexibility index (Phi) is 5.94. The van der Waals surface area contributed by atoms with Crippen LogP contribution in [0, 0.1) is 12.3 Å². The van der Waals surface area contributed by atoms with Crippen molar-refractivity contribution >= 4 is 23.0 Å². The number of aryl methyl sites for hydroxylation is 1. The highest BCUT2D eigenvalue weighted by Gasteiger charge is 2.16. The zero-order valence-electron chi connectivity index (χ0n) is 16.6. The number of nitrogen functional groups attached to an aromatic ring is 1. The van der Waals surface area contributed by atoms with Gasteiger partial charge in [-0.3, -0.25) is 15.2 Å². The summed E-state index contributed by atoms with van der Waals surface area (Å²) in [4.78, 5) is 26.9. The highest BCUT2D eigenvalue weighted by molar-refractivity contribution is 6.48. The Hall–Kier alpha value is -3.65. The molecule has 0 aliphatic carbocycles. The van der Waals surface area contributed by atoms with Gasteiger partial charge in [-0.15, -0.1) is 0 Å². The quantitative estimate of drug-likeness (QED) is 0.440. The SMILES string of the molecule is Cc1ncc(NC(=O)C(=N)c2cc(-c3cncc(CN(C)C)c3)ccc2N)cn1. The number of benzene rings is 1. The first kappa shape index (κ1) is 20.1. The molecular formula is C21H23N7O. The van der Waals surface area contributed by atoms with Gasteiger partial charge in [0, 0.05) is 35.8 Å². The molecular weight excluding hydrogens is 366 g/mol. The maximum Gasteiger partial charge on any atom is 0.274 e. The molecule has 0 spiro atoms. The molecule has 0 unspecified atom stereocenters. The molecule has 4 N–H and O–H groups in total. The number of nitrogens with two attached hydrogens (primary N) is 1. The van der Waals surface area contributed by atoms with Crippen molar-refractivity contribution in [3.63, 3.8) is 0 Å². The number of hydrogen-bond acceptors (Lipinski definition) is 7. The van der Waals surface area contributed by atoms with Gasteiger partial charge in [0.15, 0.2) is 0 Å². The predicted octanol–water partition coefficient (Wildman–Crippen LogP) is 2.50. The first-order valence-electron chi connectivity index (χ1n) is 9.01. The molecule has 8 heteroatoms. The van der Waals surface area contributed by atoms with E-state index < -0.39 is 5.91 Å². The Bertz CT molecular complexity index is 1050. The van der Waals surface area contributed by atoms with Crippen molar-refractivity contribution in [2.24, 2.45) is 0 Å². The Labute approximate surface area is 169 Å². The van der Waals surface area contributed by atoms with E-state index in [0.29, 0.717) is 22.8 Å². The van der Waals surface area contributed by atoms with Gasteiger partial charge < -0.3 is 16.0 Å². The van der Waals surface area contributed by atoms with E-state index in [2.05, 4.69) is 25.2 Å². The third kappa shape index (κ3) is 4.99. The van der Waals surface area contributed by atoms with Crippen LogP contribution in [0.1, 0.15) is 17.0 Å². The third-order valence-electron chi connectivity index (χ3n) is 4.22.